The topological polar surface area (TPSA) is 50.5 Å². The van der Waals surface area contributed by atoms with E-state index in [-0.39, 0.29) is 11.1 Å². The number of hydrogen-bond acceptors (Lipinski definition) is 4. The summed E-state index contributed by atoms with van der Waals surface area (Å²) in [6, 6.07) is 6.06. The Morgan fingerprint density at radius 1 is 1.27 bits per heavy atom. The van der Waals surface area contributed by atoms with E-state index in [9.17, 15) is 23.5 Å². The van der Waals surface area contributed by atoms with Gasteiger partial charge in [-0.15, -0.1) is 0 Å². The summed E-state index contributed by atoms with van der Waals surface area (Å²) in [6.07, 6.45) is -7.43. The fourth-order valence-corrected chi connectivity index (χ4v) is 2.65. The summed E-state index contributed by atoms with van der Waals surface area (Å²) in [5.74, 6) is 0. The fourth-order valence-electron chi connectivity index (χ4n) is 2.65. The lowest BCUT2D eigenvalue weighted by molar-refractivity contribution is -0.206. The third-order valence-electron chi connectivity index (χ3n) is 3.95. The molecule has 2 rings (SSSR count). The summed E-state index contributed by atoms with van der Waals surface area (Å²) < 4.78 is 38.2. The highest BCUT2D eigenvalue weighted by atomic mass is 19.4. The molecule has 1 aromatic carbocycles. The Morgan fingerprint density at radius 2 is 1.91 bits per heavy atom. The van der Waals surface area contributed by atoms with Crippen molar-refractivity contribution in [2.45, 2.75) is 19.2 Å². The standard InChI is InChI=1S/C15H18F3N3O/c1-2-20-6-8-21(9-7-20)13-5-3-4-11(12(13)10-19)14(22)15(16,17)18/h3-5,14,22H,2,6-9H2,1H3. The van der Waals surface area contributed by atoms with Gasteiger partial charge in [0.2, 0.25) is 0 Å². The summed E-state index contributed by atoms with van der Waals surface area (Å²) in [5, 5.41) is 18.7. The van der Waals surface area contributed by atoms with E-state index in [1.807, 2.05) is 11.0 Å². The van der Waals surface area contributed by atoms with Gasteiger partial charge in [0.25, 0.3) is 0 Å². The zero-order valence-corrected chi connectivity index (χ0v) is 12.3. The van der Waals surface area contributed by atoms with Gasteiger partial charge >= 0.3 is 6.18 Å². The molecule has 0 bridgehead atoms. The van der Waals surface area contributed by atoms with Crippen LogP contribution in [-0.4, -0.2) is 48.9 Å². The number of likely N-dealkylation sites (N-methyl/N-ethyl adjacent to an activating group) is 1. The lowest BCUT2D eigenvalue weighted by Crippen LogP contribution is -2.46. The largest absolute Gasteiger partial charge is 0.418 e. The molecule has 1 heterocycles. The van der Waals surface area contributed by atoms with Crippen LogP contribution < -0.4 is 4.90 Å². The molecule has 1 N–H and O–H groups in total. The second-order valence-electron chi connectivity index (χ2n) is 5.22. The number of hydrogen-bond donors (Lipinski definition) is 1. The molecule has 0 aromatic heterocycles. The van der Waals surface area contributed by atoms with Crippen molar-refractivity contribution in [2.75, 3.05) is 37.6 Å². The maximum atomic E-state index is 12.7. The molecule has 1 unspecified atom stereocenters. The molecule has 1 saturated heterocycles. The lowest BCUT2D eigenvalue weighted by atomic mass is 10.00. The molecule has 1 aliphatic heterocycles. The zero-order valence-electron chi connectivity index (χ0n) is 12.3. The van der Waals surface area contributed by atoms with E-state index in [0.717, 1.165) is 25.7 Å². The Balaban J connectivity index is 2.32. The molecule has 0 amide bonds. The van der Waals surface area contributed by atoms with Crippen molar-refractivity contribution in [1.29, 1.82) is 5.26 Å². The quantitative estimate of drug-likeness (QED) is 0.930. The van der Waals surface area contributed by atoms with Crippen molar-refractivity contribution in [2.24, 2.45) is 0 Å². The Bertz CT molecular complexity index is 560. The van der Waals surface area contributed by atoms with Crippen molar-refractivity contribution in [3.8, 4) is 6.07 Å². The summed E-state index contributed by atoms with van der Waals surface area (Å²) in [5.41, 5.74) is -0.0262. The highest BCUT2D eigenvalue weighted by molar-refractivity contribution is 5.63. The summed E-state index contributed by atoms with van der Waals surface area (Å²) in [7, 11) is 0. The monoisotopic (exact) mass is 313 g/mol. The van der Waals surface area contributed by atoms with Crippen LogP contribution in [0, 0.1) is 11.3 Å². The first-order valence-electron chi connectivity index (χ1n) is 7.13. The second kappa shape index (κ2) is 6.55. The lowest BCUT2D eigenvalue weighted by Gasteiger charge is -2.36. The van der Waals surface area contributed by atoms with Gasteiger partial charge in [-0.1, -0.05) is 19.1 Å². The highest BCUT2D eigenvalue weighted by Gasteiger charge is 2.41. The Kier molecular flexibility index (Phi) is 4.94. The number of rotatable bonds is 3. The third kappa shape index (κ3) is 3.34. The van der Waals surface area contributed by atoms with Gasteiger partial charge in [-0.3, -0.25) is 0 Å². The number of piperazine rings is 1. The van der Waals surface area contributed by atoms with Gasteiger partial charge in [0.05, 0.1) is 11.3 Å². The van der Waals surface area contributed by atoms with Gasteiger partial charge in [0.1, 0.15) is 6.07 Å². The van der Waals surface area contributed by atoms with E-state index in [1.165, 1.54) is 6.07 Å². The van der Waals surface area contributed by atoms with Crippen LogP contribution >= 0.6 is 0 Å². The molecule has 22 heavy (non-hydrogen) atoms. The molecule has 0 radical (unpaired) electrons. The minimum absolute atomic E-state index is 0.0997. The summed E-state index contributed by atoms with van der Waals surface area (Å²) in [4.78, 5) is 4.13. The molecular weight excluding hydrogens is 295 g/mol. The van der Waals surface area contributed by atoms with Crippen molar-refractivity contribution >= 4 is 5.69 Å². The van der Waals surface area contributed by atoms with Crippen molar-refractivity contribution in [1.82, 2.24) is 4.90 Å². The SMILES string of the molecule is CCN1CCN(c2cccc(C(O)C(F)(F)F)c2C#N)CC1. The average Bonchev–Trinajstić information content (AvgIpc) is 2.52. The first kappa shape index (κ1) is 16.6. The molecule has 0 saturated carbocycles. The summed E-state index contributed by atoms with van der Waals surface area (Å²) in [6.45, 7) is 5.87. The van der Waals surface area contributed by atoms with Gasteiger partial charge in [0.15, 0.2) is 6.10 Å². The molecule has 1 atom stereocenters. The predicted octanol–water partition coefficient (Wildman–Crippen LogP) is 2.30. The van der Waals surface area contributed by atoms with Crippen LogP contribution in [0.1, 0.15) is 24.2 Å². The molecular formula is C15H18F3N3O. The van der Waals surface area contributed by atoms with E-state index in [1.54, 1.807) is 6.07 Å². The van der Waals surface area contributed by atoms with Crippen LogP contribution in [-0.2, 0) is 0 Å². The van der Waals surface area contributed by atoms with Gasteiger partial charge in [-0.2, -0.15) is 18.4 Å². The predicted molar refractivity (Wildman–Crippen MR) is 76.5 cm³/mol. The Hall–Kier alpha value is -1.78. The van der Waals surface area contributed by atoms with Gasteiger partial charge < -0.3 is 14.9 Å². The summed E-state index contributed by atoms with van der Waals surface area (Å²) >= 11 is 0. The van der Waals surface area contributed by atoms with Crippen LogP contribution in [0.3, 0.4) is 0 Å². The van der Waals surface area contributed by atoms with Crippen LogP contribution in [0.4, 0.5) is 18.9 Å². The number of aliphatic hydroxyl groups is 1. The van der Waals surface area contributed by atoms with E-state index in [4.69, 9.17) is 0 Å². The maximum Gasteiger partial charge on any atom is 0.418 e. The number of alkyl halides is 3. The van der Waals surface area contributed by atoms with Crippen LogP contribution in [0.2, 0.25) is 0 Å². The number of nitrogens with zero attached hydrogens (tertiary/aromatic N) is 3. The molecule has 4 nitrogen and oxygen atoms in total. The normalized spacial score (nSPS) is 18.1. The second-order valence-corrected chi connectivity index (χ2v) is 5.22. The fraction of sp³-hybridized carbons (Fsp3) is 0.533. The van der Waals surface area contributed by atoms with Gasteiger partial charge in [0, 0.05) is 31.7 Å². The maximum absolute atomic E-state index is 12.7. The molecule has 0 spiro atoms. The third-order valence-corrected chi connectivity index (χ3v) is 3.95. The van der Waals surface area contributed by atoms with E-state index in [0.29, 0.717) is 18.8 Å². The molecule has 1 aliphatic rings. The minimum atomic E-state index is -4.79. The van der Waals surface area contributed by atoms with Gasteiger partial charge in [-0.05, 0) is 12.6 Å². The average molecular weight is 313 g/mol. The molecule has 1 aromatic rings. The smallest absolute Gasteiger partial charge is 0.379 e. The Labute approximate surface area is 127 Å². The number of benzene rings is 1. The van der Waals surface area contributed by atoms with Gasteiger partial charge in [-0.25, -0.2) is 0 Å². The number of anilines is 1. The highest BCUT2D eigenvalue weighted by Crippen LogP contribution is 2.37. The van der Waals surface area contributed by atoms with Crippen molar-refractivity contribution < 1.29 is 18.3 Å². The number of aliphatic hydroxyl groups excluding tert-OH is 1. The first-order valence-corrected chi connectivity index (χ1v) is 7.13. The zero-order chi connectivity index (χ0) is 16.3. The van der Waals surface area contributed by atoms with E-state index in [2.05, 4.69) is 11.8 Å². The molecule has 1 fully saturated rings. The number of nitriles is 1. The van der Waals surface area contributed by atoms with E-state index >= 15 is 0 Å². The number of halogens is 3. The van der Waals surface area contributed by atoms with Crippen molar-refractivity contribution in [3.05, 3.63) is 29.3 Å². The Morgan fingerprint density at radius 3 is 2.41 bits per heavy atom. The molecule has 120 valence electrons. The van der Waals surface area contributed by atoms with E-state index < -0.39 is 12.3 Å². The van der Waals surface area contributed by atoms with Crippen LogP contribution in [0.15, 0.2) is 18.2 Å². The van der Waals surface area contributed by atoms with Crippen molar-refractivity contribution in [3.63, 3.8) is 0 Å². The first-order chi connectivity index (χ1) is 10.4. The van der Waals surface area contributed by atoms with Crippen LogP contribution in [0.25, 0.3) is 0 Å². The molecule has 0 aliphatic carbocycles. The molecule has 7 heteroatoms. The van der Waals surface area contributed by atoms with Crippen LogP contribution in [0.5, 0.6) is 0 Å². The minimum Gasteiger partial charge on any atom is -0.379 e.